The minimum atomic E-state index is -0.441. The first kappa shape index (κ1) is 24.3. The van der Waals surface area contributed by atoms with Crippen LogP contribution < -0.4 is 10.1 Å². The second-order valence-electron chi connectivity index (χ2n) is 9.38. The fraction of sp³-hybridized carbons (Fsp3) is 0.423. The van der Waals surface area contributed by atoms with Crippen molar-refractivity contribution in [3.05, 3.63) is 54.1 Å². The molecule has 1 N–H and O–H groups in total. The third-order valence-corrected chi connectivity index (χ3v) is 5.51. The van der Waals surface area contributed by atoms with E-state index in [2.05, 4.69) is 5.32 Å². The van der Waals surface area contributed by atoms with E-state index in [9.17, 15) is 14.4 Å². The molecule has 1 heterocycles. The maximum Gasteiger partial charge on any atom is 0.309 e. The van der Waals surface area contributed by atoms with Crippen molar-refractivity contribution < 1.29 is 23.9 Å². The van der Waals surface area contributed by atoms with E-state index in [0.717, 1.165) is 5.56 Å². The van der Waals surface area contributed by atoms with Gasteiger partial charge in [0, 0.05) is 18.5 Å². The van der Waals surface area contributed by atoms with Gasteiger partial charge in [-0.2, -0.15) is 0 Å². The van der Waals surface area contributed by atoms with E-state index in [4.69, 9.17) is 9.47 Å². The van der Waals surface area contributed by atoms with Gasteiger partial charge in [0.15, 0.2) is 12.4 Å². The number of amides is 2. The van der Waals surface area contributed by atoms with Gasteiger partial charge in [-0.1, -0.05) is 50.6 Å². The highest BCUT2D eigenvalue weighted by molar-refractivity contribution is 5.94. The van der Waals surface area contributed by atoms with Crippen LogP contribution >= 0.6 is 0 Å². The standard InChI is InChI=1S/C26H32N2O5/c1-18-9-11-20(12-10-18)33-22-8-6-5-7-21(22)27-23(29)17-32-24(30)19-13-15-28(16-14-19)25(31)26(2,3)4/h5-12,19H,13-17H2,1-4H3,(H,27,29). The molecular weight excluding hydrogens is 420 g/mol. The third kappa shape index (κ3) is 6.81. The molecule has 2 aromatic rings. The Morgan fingerprint density at radius 3 is 2.27 bits per heavy atom. The Hall–Kier alpha value is -3.35. The lowest BCUT2D eigenvalue weighted by atomic mass is 9.91. The van der Waals surface area contributed by atoms with Crippen molar-refractivity contribution in [2.75, 3.05) is 25.0 Å². The van der Waals surface area contributed by atoms with Gasteiger partial charge < -0.3 is 19.7 Å². The second kappa shape index (κ2) is 10.5. The van der Waals surface area contributed by atoms with Gasteiger partial charge in [0.25, 0.3) is 5.91 Å². The normalized spacial score (nSPS) is 14.5. The Labute approximate surface area is 195 Å². The number of benzene rings is 2. The van der Waals surface area contributed by atoms with Crippen LogP contribution in [0.3, 0.4) is 0 Å². The van der Waals surface area contributed by atoms with Gasteiger partial charge in [-0.05, 0) is 44.0 Å². The molecule has 0 radical (unpaired) electrons. The number of esters is 1. The van der Waals surface area contributed by atoms with Crippen molar-refractivity contribution in [2.24, 2.45) is 11.3 Å². The molecule has 0 aromatic heterocycles. The fourth-order valence-corrected chi connectivity index (χ4v) is 3.63. The molecule has 7 heteroatoms. The highest BCUT2D eigenvalue weighted by atomic mass is 16.5. The highest BCUT2D eigenvalue weighted by Crippen LogP contribution is 2.29. The zero-order valence-electron chi connectivity index (χ0n) is 19.7. The smallest absolute Gasteiger partial charge is 0.309 e. The monoisotopic (exact) mass is 452 g/mol. The van der Waals surface area contributed by atoms with Gasteiger partial charge >= 0.3 is 5.97 Å². The van der Waals surface area contributed by atoms with Crippen LogP contribution in [0.15, 0.2) is 48.5 Å². The van der Waals surface area contributed by atoms with E-state index in [1.165, 1.54) is 0 Å². The SMILES string of the molecule is Cc1ccc(Oc2ccccc2NC(=O)COC(=O)C2CCN(C(=O)C(C)(C)C)CC2)cc1. The molecule has 0 unspecified atom stereocenters. The Balaban J connectivity index is 1.48. The maximum atomic E-state index is 12.4. The number of hydrogen-bond acceptors (Lipinski definition) is 5. The Morgan fingerprint density at radius 2 is 1.64 bits per heavy atom. The second-order valence-corrected chi connectivity index (χ2v) is 9.38. The largest absolute Gasteiger partial charge is 0.455 e. The predicted octanol–water partition coefficient (Wildman–Crippen LogP) is 4.55. The first-order chi connectivity index (χ1) is 15.6. The number of anilines is 1. The average molecular weight is 453 g/mol. The molecule has 0 spiro atoms. The zero-order valence-corrected chi connectivity index (χ0v) is 19.7. The molecule has 7 nitrogen and oxygen atoms in total. The molecule has 1 aliphatic heterocycles. The number of likely N-dealkylation sites (tertiary alicyclic amines) is 1. The molecule has 1 fully saturated rings. The number of carbonyl (C=O) groups is 3. The summed E-state index contributed by atoms with van der Waals surface area (Å²) < 4.78 is 11.1. The summed E-state index contributed by atoms with van der Waals surface area (Å²) in [5.74, 6) is 0.0852. The van der Waals surface area contributed by atoms with Crippen molar-refractivity contribution in [1.82, 2.24) is 4.90 Å². The minimum Gasteiger partial charge on any atom is -0.455 e. The summed E-state index contributed by atoms with van der Waals surface area (Å²) in [6, 6.07) is 14.7. The summed E-state index contributed by atoms with van der Waals surface area (Å²) in [6.07, 6.45) is 1.07. The van der Waals surface area contributed by atoms with Crippen molar-refractivity contribution in [1.29, 1.82) is 0 Å². The van der Waals surface area contributed by atoms with E-state index in [0.29, 0.717) is 43.1 Å². The van der Waals surface area contributed by atoms with Crippen LogP contribution in [0, 0.1) is 18.3 Å². The van der Waals surface area contributed by atoms with Crippen molar-refractivity contribution in [3.8, 4) is 11.5 Å². The van der Waals surface area contributed by atoms with Crippen LogP contribution in [-0.2, 0) is 19.1 Å². The number of hydrogen-bond donors (Lipinski definition) is 1. The zero-order chi connectivity index (χ0) is 24.0. The van der Waals surface area contributed by atoms with Crippen LogP contribution in [0.1, 0.15) is 39.2 Å². The van der Waals surface area contributed by atoms with Gasteiger partial charge in [-0.3, -0.25) is 14.4 Å². The van der Waals surface area contributed by atoms with Gasteiger partial charge in [0.05, 0.1) is 11.6 Å². The molecule has 3 rings (SSSR count). The number of nitrogens with zero attached hydrogens (tertiary/aromatic N) is 1. The third-order valence-electron chi connectivity index (χ3n) is 5.51. The molecule has 2 aromatic carbocycles. The predicted molar refractivity (Wildman–Crippen MR) is 126 cm³/mol. The van der Waals surface area contributed by atoms with Crippen molar-refractivity contribution >= 4 is 23.5 Å². The van der Waals surface area contributed by atoms with Crippen LogP contribution in [0.25, 0.3) is 0 Å². The molecule has 0 saturated carbocycles. The highest BCUT2D eigenvalue weighted by Gasteiger charge is 2.33. The Bertz CT molecular complexity index is 986. The quantitative estimate of drug-likeness (QED) is 0.650. The number of carbonyl (C=O) groups excluding carboxylic acids is 3. The van der Waals surface area contributed by atoms with Crippen LogP contribution in [0.2, 0.25) is 0 Å². The molecule has 176 valence electrons. The van der Waals surface area contributed by atoms with Crippen molar-refractivity contribution in [2.45, 2.75) is 40.5 Å². The average Bonchev–Trinajstić information content (AvgIpc) is 2.79. The van der Waals surface area contributed by atoms with Gasteiger partial charge in [-0.15, -0.1) is 0 Å². The number of aryl methyl sites for hydroxylation is 1. The number of para-hydroxylation sites is 2. The van der Waals surface area contributed by atoms with E-state index in [-0.39, 0.29) is 18.4 Å². The van der Waals surface area contributed by atoms with Gasteiger partial charge in [0.2, 0.25) is 5.91 Å². The molecule has 0 aliphatic carbocycles. The number of piperidine rings is 1. The number of ether oxygens (including phenoxy) is 2. The molecule has 33 heavy (non-hydrogen) atoms. The van der Waals surface area contributed by atoms with Crippen LogP contribution in [0.5, 0.6) is 11.5 Å². The van der Waals surface area contributed by atoms with Crippen LogP contribution in [-0.4, -0.2) is 42.4 Å². The first-order valence-corrected chi connectivity index (χ1v) is 11.2. The summed E-state index contributed by atoms with van der Waals surface area (Å²) in [4.78, 5) is 39.0. The van der Waals surface area contributed by atoms with E-state index >= 15 is 0 Å². The Kier molecular flexibility index (Phi) is 7.74. The van der Waals surface area contributed by atoms with E-state index in [1.807, 2.05) is 58.0 Å². The van der Waals surface area contributed by atoms with Gasteiger partial charge in [0.1, 0.15) is 5.75 Å². The molecule has 1 saturated heterocycles. The summed E-state index contributed by atoms with van der Waals surface area (Å²) in [7, 11) is 0. The number of rotatable bonds is 6. The number of nitrogens with one attached hydrogen (secondary N) is 1. The first-order valence-electron chi connectivity index (χ1n) is 11.2. The molecule has 0 atom stereocenters. The van der Waals surface area contributed by atoms with Gasteiger partial charge in [-0.25, -0.2) is 0 Å². The lowest BCUT2D eigenvalue weighted by molar-refractivity contribution is -0.155. The Morgan fingerprint density at radius 1 is 1.00 bits per heavy atom. The minimum absolute atomic E-state index is 0.0835. The summed E-state index contributed by atoms with van der Waals surface area (Å²) in [5.41, 5.74) is 1.18. The lowest BCUT2D eigenvalue weighted by Crippen LogP contribution is -2.45. The van der Waals surface area contributed by atoms with Crippen molar-refractivity contribution in [3.63, 3.8) is 0 Å². The molecule has 2 amide bonds. The lowest BCUT2D eigenvalue weighted by Gasteiger charge is -2.34. The van der Waals surface area contributed by atoms with E-state index < -0.39 is 17.3 Å². The summed E-state index contributed by atoms with van der Waals surface area (Å²) >= 11 is 0. The topological polar surface area (TPSA) is 84.9 Å². The molecular formula is C26H32N2O5. The maximum absolute atomic E-state index is 12.4. The summed E-state index contributed by atoms with van der Waals surface area (Å²) in [5, 5.41) is 2.75. The summed E-state index contributed by atoms with van der Waals surface area (Å²) in [6.45, 7) is 8.32. The molecule has 1 aliphatic rings. The molecule has 0 bridgehead atoms. The van der Waals surface area contributed by atoms with Crippen LogP contribution in [0.4, 0.5) is 5.69 Å². The fourth-order valence-electron chi connectivity index (χ4n) is 3.63. The van der Waals surface area contributed by atoms with E-state index in [1.54, 1.807) is 23.1 Å².